The van der Waals surface area contributed by atoms with Gasteiger partial charge in [0.1, 0.15) is 23.7 Å². The Morgan fingerprint density at radius 3 is 2.40 bits per heavy atom. The maximum atomic E-state index is 9.36. The van der Waals surface area contributed by atoms with Crippen LogP contribution in [0, 0.1) is 0 Å². The van der Waals surface area contributed by atoms with Gasteiger partial charge in [0.2, 0.25) is 0 Å². The first-order valence-electron chi connectivity index (χ1n) is 10.6. The van der Waals surface area contributed by atoms with E-state index in [4.69, 9.17) is 0 Å². The van der Waals surface area contributed by atoms with Crippen LogP contribution in [0.15, 0.2) is 67.0 Å². The summed E-state index contributed by atoms with van der Waals surface area (Å²) in [6.45, 7) is 3.99. The molecule has 3 N–H and O–H groups in total. The minimum absolute atomic E-state index is 0.295. The van der Waals surface area contributed by atoms with Crippen LogP contribution < -0.4 is 10.6 Å². The summed E-state index contributed by atoms with van der Waals surface area (Å²) in [7, 11) is 0. The fourth-order valence-corrected chi connectivity index (χ4v) is 3.82. The summed E-state index contributed by atoms with van der Waals surface area (Å²) < 4.78 is 0. The van der Waals surface area contributed by atoms with Crippen molar-refractivity contribution in [3.05, 3.63) is 78.1 Å². The van der Waals surface area contributed by atoms with Gasteiger partial charge in [-0.05, 0) is 42.5 Å². The van der Waals surface area contributed by atoms with Crippen LogP contribution in [0.3, 0.4) is 0 Å². The van der Waals surface area contributed by atoms with E-state index in [1.807, 2.05) is 18.2 Å². The van der Waals surface area contributed by atoms with E-state index >= 15 is 0 Å². The molecule has 0 amide bonds. The lowest BCUT2D eigenvalue weighted by Crippen LogP contribution is -2.38. The zero-order valence-electron chi connectivity index (χ0n) is 17.2. The normalized spacial score (nSPS) is 15.1. The van der Waals surface area contributed by atoms with Crippen LogP contribution in [-0.2, 0) is 13.0 Å². The minimum atomic E-state index is 0.295. The molecule has 6 nitrogen and oxygen atoms in total. The van der Waals surface area contributed by atoms with Crippen molar-refractivity contribution in [3.8, 4) is 5.75 Å². The third-order valence-electron chi connectivity index (χ3n) is 5.51. The summed E-state index contributed by atoms with van der Waals surface area (Å²) in [6, 6.07) is 20.4. The fraction of sp³-hybridized carbons (Fsp3) is 0.333. The van der Waals surface area contributed by atoms with Gasteiger partial charge in [-0.2, -0.15) is 0 Å². The van der Waals surface area contributed by atoms with Gasteiger partial charge in [-0.15, -0.1) is 0 Å². The van der Waals surface area contributed by atoms with E-state index in [0.717, 1.165) is 57.1 Å². The predicted octanol–water partition coefficient (Wildman–Crippen LogP) is 3.91. The van der Waals surface area contributed by atoms with Crippen molar-refractivity contribution >= 4 is 11.6 Å². The Kier molecular flexibility index (Phi) is 6.77. The molecule has 1 aliphatic rings. The van der Waals surface area contributed by atoms with Crippen molar-refractivity contribution in [2.75, 3.05) is 30.3 Å². The van der Waals surface area contributed by atoms with Crippen molar-refractivity contribution in [3.63, 3.8) is 0 Å². The van der Waals surface area contributed by atoms with Gasteiger partial charge >= 0.3 is 0 Å². The van der Waals surface area contributed by atoms with E-state index in [0.29, 0.717) is 11.8 Å². The van der Waals surface area contributed by atoms with Crippen LogP contribution in [-0.4, -0.2) is 45.7 Å². The maximum absolute atomic E-state index is 9.36. The van der Waals surface area contributed by atoms with E-state index < -0.39 is 0 Å². The average molecular weight is 404 g/mol. The number of aromatic nitrogens is 2. The summed E-state index contributed by atoms with van der Waals surface area (Å²) in [4.78, 5) is 11.2. The number of aromatic hydroxyl groups is 1. The van der Waals surface area contributed by atoms with E-state index in [2.05, 4.69) is 55.8 Å². The first kappa shape index (κ1) is 20.2. The van der Waals surface area contributed by atoms with E-state index in [1.54, 1.807) is 18.5 Å². The van der Waals surface area contributed by atoms with Crippen LogP contribution in [0.4, 0.5) is 11.6 Å². The summed E-state index contributed by atoms with van der Waals surface area (Å²) >= 11 is 0. The van der Waals surface area contributed by atoms with Gasteiger partial charge in [-0.1, -0.05) is 42.5 Å². The molecule has 4 rings (SSSR count). The van der Waals surface area contributed by atoms with Gasteiger partial charge in [0.25, 0.3) is 0 Å². The van der Waals surface area contributed by atoms with Gasteiger partial charge in [-0.3, -0.25) is 4.90 Å². The number of hydrogen-bond acceptors (Lipinski definition) is 6. The number of rotatable bonds is 8. The highest BCUT2D eigenvalue weighted by molar-refractivity contribution is 5.47. The molecule has 1 aliphatic heterocycles. The predicted molar refractivity (Wildman–Crippen MR) is 121 cm³/mol. The molecular formula is C24H29N5O. The monoisotopic (exact) mass is 403 g/mol. The minimum Gasteiger partial charge on any atom is -0.508 e. The van der Waals surface area contributed by atoms with Gasteiger partial charge in [0.05, 0.1) is 0 Å². The molecule has 0 bridgehead atoms. The Morgan fingerprint density at radius 2 is 1.63 bits per heavy atom. The molecule has 3 aromatic rings. The van der Waals surface area contributed by atoms with E-state index in [1.165, 1.54) is 11.1 Å². The van der Waals surface area contributed by atoms with Crippen LogP contribution in [0.25, 0.3) is 0 Å². The molecule has 0 unspecified atom stereocenters. The van der Waals surface area contributed by atoms with Crippen LogP contribution in [0.5, 0.6) is 5.75 Å². The number of hydrogen-bond donors (Lipinski definition) is 3. The lowest BCUT2D eigenvalue weighted by atomic mass is 10.0. The highest BCUT2D eigenvalue weighted by Gasteiger charge is 2.19. The van der Waals surface area contributed by atoms with Crippen molar-refractivity contribution in [1.82, 2.24) is 14.9 Å². The van der Waals surface area contributed by atoms with Crippen LogP contribution in [0.1, 0.15) is 24.0 Å². The lowest BCUT2D eigenvalue weighted by Gasteiger charge is -2.32. The first-order valence-corrected chi connectivity index (χ1v) is 10.6. The SMILES string of the molecule is Oc1ccc(CCNc2cc(NC3CCN(Cc4ccccc4)CC3)ncn2)cc1. The number of anilines is 2. The van der Waals surface area contributed by atoms with Crippen molar-refractivity contribution in [2.45, 2.75) is 31.8 Å². The molecule has 0 saturated carbocycles. The molecule has 0 aliphatic carbocycles. The number of likely N-dealkylation sites (tertiary alicyclic amines) is 1. The summed E-state index contributed by atoms with van der Waals surface area (Å²) in [5.74, 6) is 2.00. The van der Waals surface area contributed by atoms with Gasteiger partial charge in [0.15, 0.2) is 0 Å². The Bertz CT molecular complexity index is 908. The van der Waals surface area contributed by atoms with E-state index in [-0.39, 0.29) is 0 Å². The highest BCUT2D eigenvalue weighted by atomic mass is 16.3. The highest BCUT2D eigenvalue weighted by Crippen LogP contribution is 2.18. The van der Waals surface area contributed by atoms with Gasteiger partial charge in [0, 0.05) is 38.3 Å². The zero-order chi connectivity index (χ0) is 20.6. The molecule has 6 heteroatoms. The van der Waals surface area contributed by atoms with Crippen molar-refractivity contribution < 1.29 is 5.11 Å². The molecule has 0 atom stereocenters. The van der Waals surface area contributed by atoms with Crippen molar-refractivity contribution in [2.24, 2.45) is 0 Å². The first-order chi connectivity index (χ1) is 14.7. The zero-order valence-corrected chi connectivity index (χ0v) is 17.2. The molecule has 0 radical (unpaired) electrons. The molecule has 0 spiro atoms. The quantitative estimate of drug-likeness (QED) is 0.530. The number of nitrogens with zero attached hydrogens (tertiary/aromatic N) is 3. The van der Waals surface area contributed by atoms with Gasteiger partial charge < -0.3 is 15.7 Å². The number of phenolic OH excluding ortho intramolecular Hbond substituents is 1. The third kappa shape index (κ3) is 5.94. The summed E-state index contributed by atoms with van der Waals surface area (Å²) in [5.41, 5.74) is 2.55. The molecular weight excluding hydrogens is 374 g/mol. The molecule has 1 fully saturated rings. The third-order valence-corrected chi connectivity index (χ3v) is 5.51. The second kappa shape index (κ2) is 10.1. The molecule has 156 valence electrons. The van der Waals surface area contributed by atoms with E-state index in [9.17, 15) is 5.11 Å². The molecule has 30 heavy (non-hydrogen) atoms. The number of nitrogens with one attached hydrogen (secondary N) is 2. The molecule has 2 heterocycles. The standard InChI is InChI=1S/C24H29N5O/c30-22-8-6-19(7-9-22)10-13-25-23-16-24(27-18-26-23)28-21-11-14-29(15-12-21)17-20-4-2-1-3-5-20/h1-9,16,18,21,30H,10-15,17H2,(H2,25,26,27,28). The smallest absolute Gasteiger partial charge is 0.131 e. The largest absolute Gasteiger partial charge is 0.508 e. The topological polar surface area (TPSA) is 73.3 Å². The lowest BCUT2D eigenvalue weighted by molar-refractivity contribution is 0.211. The molecule has 2 aromatic carbocycles. The average Bonchev–Trinajstić information content (AvgIpc) is 2.78. The van der Waals surface area contributed by atoms with Crippen molar-refractivity contribution in [1.29, 1.82) is 0 Å². The second-order valence-corrected chi connectivity index (χ2v) is 7.81. The molecule has 1 saturated heterocycles. The Labute approximate surface area is 178 Å². The summed E-state index contributed by atoms with van der Waals surface area (Å²) in [5, 5.41) is 16.3. The number of benzene rings is 2. The van der Waals surface area contributed by atoms with Crippen LogP contribution >= 0.6 is 0 Å². The van der Waals surface area contributed by atoms with Crippen LogP contribution in [0.2, 0.25) is 0 Å². The number of piperidine rings is 1. The Hall–Kier alpha value is -3.12. The second-order valence-electron chi connectivity index (χ2n) is 7.81. The fourth-order valence-electron chi connectivity index (χ4n) is 3.82. The molecule has 1 aromatic heterocycles. The summed E-state index contributed by atoms with van der Waals surface area (Å²) in [6.07, 6.45) is 4.70. The Balaban J connectivity index is 1.22. The number of phenols is 1. The Morgan fingerprint density at radius 1 is 0.900 bits per heavy atom. The van der Waals surface area contributed by atoms with Gasteiger partial charge in [-0.25, -0.2) is 9.97 Å². The maximum Gasteiger partial charge on any atom is 0.131 e.